The second-order valence-electron chi connectivity index (χ2n) is 4.35. The number of carbonyl (C=O) groups excluding carboxylic acids is 1. The summed E-state index contributed by atoms with van der Waals surface area (Å²) >= 11 is 0. The third-order valence-corrected chi connectivity index (χ3v) is 2.51. The maximum Gasteiger partial charge on any atom is 0.248 e. The standard InChI is InChI=1S/C11H23NO2/c1-8(2)10(5)12(6)11(13)7-14-9(3)4/h8-10H,7H2,1-6H3. The van der Waals surface area contributed by atoms with Crippen LogP contribution in [-0.2, 0) is 9.53 Å². The minimum Gasteiger partial charge on any atom is -0.369 e. The van der Waals surface area contributed by atoms with E-state index in [2.05, 4.69) is 20.8 Å². The Morgan fingerprint density at radius 3 is 2.07 bits per heavy atom. The Hall–Kier alpha value is -0.570. The van der Waals surface area contributed by atoms with Crippen molar-refractivity contribution in [3.05, 3.63) is 0 Å². The van der Waals surface area contributed by atoms with Crippen LogP contribution in [0.5, 0.6) is 0 Å². The first kappa shape index (κ1) is 13.4. The SMILES string of the molecule is CC(C)OCC(=O)N(C)C(C)C(C)C. The molecule has 0 heterocycles. The van der Waals surface area contributed by atoms with Crippen molar-refractivity contribution in [3.8, 4) is 0 Å². The van der Waals surface area contributed by atoms with Gasteiger partial charge in [0.2, 0.25) is 5.91 Å². The fraction of sp³-hybridized carbons (Fsp3) is 0.909. The number of amides is 1. The molecule has 84 valence electrons. The molecule has 3 nitrogen and oxygen atoms in total. The molecular formula is C11H23NO2. The van der Waals surface area contributed by atoms with Crippen molar-refractivity contribution < 1.29 is 9.53 Å². The Kier molecular flexibility index (Phi) is 5.77. The van der Waals surface area contributed by atoms with Crippen LogP contribution in [0.4, 0.5) is 0 Å². The summed E-state index contributed by atoms with van der Waals surface area (Å²) in [6.45, 7) is 10.3. The quantitative estimate of drug-likeness (QED) is 0.680. The second kappa shape index (κ2) is 6.02. The van der Waals surface area contributed by atoms with E-state index in [-0.39, 0.29) is 24.7 Å². The van der Waals surface area contributed by atoms with Crippen molar-refractivity contribution in [3.63, 3.8) is 0 Å². The first-order valence-corrected chi connectivity index (χ1v) is 5.23. The number of ether oxygens (including phenoxy) is 1. The third-order valence-electron chi connectivity index (χ3n) is 2.51. The average Bonchev–Trinajstić information content (AvgIpc) is 2.11. The van der Waals surface area contributed by atoms with Gasteiger partial charge in [-0.3, -0.25) is 4.79 Å². The molecule has 0 bridgehead atoms. The van der Waals surface area contributed by atoms with Gasteiger partial charge in [-0.05, 0) is 26.7 Å². The van der Waals surface area contributed by atoms with E-state index >= 15 is 0 Å². The van der Waals surface area contributed by atoms with Crippen LogP contribution in [0.3, 0.4) is 0 Å². The molecule has 0 aromatic carbocycles. The van der Waals surface area contributed by atoms with Crippen molar-refractivity contribution in [1.82, 2.24) is 4.90 Å². The van der Waals surface area contributed by atoms with Crippen LogP contribution in [0.2, 0.25) is 0 Å². The Labute approximate surface area is 87.4 Å². The van der Waals surface area contributed by atoms with Crippen molar-refractivity contribution in [2.45, 2.75) is 46.8 Å². The molecule has 0 saturated heterocycles. The lowest BCUT2D eigenvalue weighted by Crippen LogP contribution is -2.40. The normalized spacial score (nSPS) is 13.4. The summed E-state index contributed by atoms with van der Waals surface area (Å²) in [6.07, 6.45) is 0.113. The van der Waals surface area contributed by atoms with E-state index in [1.54, 1.807) is 4.90 Å². The Bertz CT molecular complexity index is 178. The van der Waals surface area contributed by atoms with Gasteiger partial charge in [0.1, 0.15) is 6.61 Å². The third kappa shape index (κ3) is 4.61. The van der Waals surface area contributed by atoms with E-state index < -0.39 is 0 Å². The summed E-state index contributed by atoms with van der Waals surface area (Å²) in [7, 11) is 1.83. The molecule has 1 amide bonds. The lowest BCUT2D eigenvalue weighted by Gasteiger charge is -2.28. The molecule has 0 rings (SSSR count). The first-order valence-electron chi connectivity index (χ1n) is 5.23. The Balaban J connectivity index is 3.99. The lowest BCUT2D eigenvalue weighted by molar-refractivity contribution is -0.138. The van der Waals surface area contributed by atoms with E-state index in [0.717, 1.165) is 0 Å². The van der Waals surface area contributed by atoms with Gasteiger partial charge in [0.25, 0.3) is 0 Å². The van der Waals surface area contributed by atoms with Gasteiger partial charge in [-0.1, -0.05) is 13.8 Å². The molecule has 0 saturated carbocycles. The molecule has 3 heteroatoms. The van der Waals surface area contributed by atoms with Gasteiger partial charge in [0.15, 0.2) is 0 Å². The van der Waals surface area contributed by atoms with E-state index in [4.69, 9.17) is 4.74 Å². The fourth-order valence-corrected chi connectivity index (χ4v) is 1.01. The van der Waals surface area contributed by atoms with Crippen molar-refractivity contribution in [2.24, 2.45) is 5.92 Å². The molecule has 1 unspecified atom stereocenters. The van der Waals surface area contributed by atoms with Gasteiger partial charge in [-0.2, -0.15) is 0 Å². The predicted octanol–water partition coefficient (Wildman–Crippen LogP) is 1.91. The zero-order valence-electron chi connectivity index (χ0n) is 10.2. The van der Waals surface area contributed by atoms with Crippen LogP contribution in [0.1, 0.15) is 34.6 Å². The lowest BCUT2D eigenvalue weighted by atomic mass is 10.1. The maximum absolute atomic E-state index is 11.6. The molecule has 0 aliphatic carbocycles. The van der Waals surface area contributed by atoms with Crippen molar-refractivity contribution in [2.75, 3.05) is 13.7 Å². The Morgan fingerprint density at radius 1 is 1.21 bits per heavy atom. The van der Waals surface area contributed by atoms with Crippen LogP contribution in [0.15, 0.2) is 0 Å². The summed E-state index contributed by atoms with van der Waals surface area (Å²) in [5.41, 5.74) is 0. The van der Waals surface area contributed by atoms with Crippen LogP contribution < -0.4 is 0 Å². The molecule has 1 atom stereocenters. The number of nitrogens with zero attached hydrogens (tertiary/aromatic N) is 1. The number of hydrogen-bond acceptors (Lipinski definition) is 2. The van der Waals surface area contributed by atoms with Crippen molar-refractivity contribution >= 4 is 5.91 Å². The summed E-state index contributed by atoms with van der Waals surface area (Å²) < 4.78 is 5.26. The fourth-order valence-electron chi connectivity index (χ4n) is 1.01. The highest BCUT2D eigenvalue weighted by Gasteiger charge is 2.18. The summed E-state index contributed by atoms with van der Waals surface area (Å²) in [5.74, 6) is 0.530. The topological polar surface area (TPSA) is 29.5 Å². The summed E-state index contributed by atoms with van der Waals surface area (Å²) in [6, 6.07) is 0.262. The smallest absolute Gasteiger partial charge is 0.248 e. The highest BCUT2D eigenvalue weighted by atomic mass is 16.5. The van der Waals surface area contributed by atoms with Gasteiger partial charge in [-0.25, -0.2) is 0 Å². The monoisotopic (exact) mass is 201 g/mol. The highest BCUT2D eigenvalue weighted by Crippen LogP contribution is 2.08. The molecule has 0 N–H and O–H groups in total. The summed E-state index contributed by atoms with van der Waals surface area (Å²) in [4.78, 5) is 13.4. The largest absolute Gasteiger partial charge is 0.369 e. The number of hydrogen-bond donors (Lipinski definition) is 0. The molecule has 0 aromatic rings. The van der Waals surface area contributed by atoms with E-state index in [1.807, 2.05) is 20.9 Å². The van der Waals surface area contributed by atoms with Gasteiger partial charge < -0.3 is 9.64 Å². The predicted molar refractivity (Wildman–Crippen MR) is 58.2 cm³/mol. The highest BCUT2D eigenvalue weighted by molar-refractivity contribution is 5.77. The van der Waals surface area contributed by atoms with Crippen molar-refractivity contribution in [1.29, 1.82) is 0 Å². The molecular weight excluding hydrogens is 178 g/mol. The minimum absolute atomic E-state index is 0.0555. The zero-order chi connectivity index (χ0) is 11.3. The molecule has 0 fully saturated rings. The number of likely N-dealkylation sites (N-methyl/N-ethyl adjacent to an activating group) is 1. The van der Waals surface area contributed by atoms with E-state index in [1.165, 1.54) is 0 Å². The molecule has 0 aliphatic rings. The maximum atomic E-state index is 11.6. The molecule has 0 aromatic heterocycles. The first-order chi connectivity index (χ1) is 6.36. The number of rotatable bonds is 5. The van der Waals surface area contributed by atoms with Crippen LogP contribution in [0.25, 0.3) is 0 Å². The van der Waals surface area contributed by atoms with E-state index in [9.17, 15) is 4.79 Å². The second-order valence-corrected chi connectivity index (χ2v) is 4.35. The molecule has 0 radical (unpaired) electrons. The van der Waals surface area contributed by atoms with Crippen LogP contribution in [-0.4, -0.2) is 36.6 Å². The molecule has 0 aliphatic heterocycles. The Morgan fingerprint density at radius 2 is 1.71 bits per heavy atom. The average molecular weight is 201 g/mol. The molecule has 0 spiro atoms. The number of carbonyl (C=O) groups is 1. The molecule has 14 heavy (non-hydrogen) atoms. The van der Waals surface area contributed by atoms with Gasteiger partial charge >= 0.3 is 0 Å². The van der Waals surface area contributed by atoms with Gasteiger partial charge in [0, 0.05) is 13.1 Å². The summed E-state index contributed by atoms with van der Waals surface area (Å²) in [5, 5.41) is 0. The van der Waals surface area contributed by atoms with Gasteiger partial charge in [-0.15, -0.1) is 0 Å². The van der Waals surface area contributed by atoms with Crippen LogP contribution >= 0.6 is 0 Å². The zero-order valence-corrected chi connectivity index (χ0v) is 10.2. The minimum atomic E-state index is 0.0555. The van der Waals surface area contributed by atoms with Gasteiger partial charge in [0.05, 0.1) is 6.10 Å². The van der Waals surface area contributed by atoms with Crippen LogP contribution in [0, 0.1) is 5.92 Å². The van der Waals surface area contributed by atoms with E-state index in [0.29, 0.717) is 5.92 Å².